The molecule has 0 saturated carbocycles. The summed E-state index contributed by atoms with van der Waals surface area (Å²) in [5, 5.41) is 2.51. The van der Waals surface area contributed by atoms with Crippen molar-refractivity contribution in [2.24, 2.45) is 5.41 Å². The molecule has 3 aliphatic rings. The van der Waals surface area contributed by atoms with Gasteiger partial charge in [0.1, 0.15) is 0 Å². The van der Waals surface area contributed by atoms with Crippen LogP contribution in [0.4, 0.5) is 0 Å². The number of fused-ring (bicyclic) bond motifs is 3. The van der Waals surface area contributed by atoms with E-state index in [1.54, 1.807) is 0 Å². The summed E-state index contributed by atoms with van der Waals surface area (Å²) in [4.78, 5) is 15.2. The molecule has 2 bridgehead atoms. The topological polar surface area (TPSA) is 29.5 Å². The highest BCUT2D eigenvalue weighted by atomic mass is 16.5. The summed E-state index contributed by atoms with van der Waals surface area (Å²) in [6.07, 6.45) is 5.67. The Morgan fingerprint density at radius 2 is 2.00 bits per heavy atom. The lowest BCUT2D eigenvalue weighted by Gasteiger charge is -2.34. The van der Waals surface area contributed by atoms with Gasteiger partial charge in [-0.3, -0.25) is 4.79 Å². The predicted octanol–water partition coefficient (Wildman–Crippen LogP) is 4.02. The maximum atomic E-state index is 13.2. The molecule has 2 aromatic rings. The van der Waals surface area contributed by atoms with Crippen molar-refractivity contribution in [2.75, 3.05) is 13.1 Å². The number of benzene rings is 2. The molecule has 3 heteroatoms. The molecule has 25 heavy (non-hydrogen) atoms. The van der Waals surface area contributed by atoms with Gasteiger partial charge in [0.25, 0.3) is 0 Å². The summed E-state index contributed by atoms with van der Waals surface area (Å²) in [5.74, 6) is 0.270. The van der Waals surface area contributed by atoms with E-state index in [0.29, 0.717) is 19.2 Å². The molecule has 0 radical (unpaired) electrons. The molecule has 3 atom stereocenters. The van der Waals surface area contributed by atoms with Crippen molar-refractivity contribution in [3.05, 3.63) is 54.1 Å². The Morgan fingerprint density at radius 3 is 2.80 bits per heavy atom. The summed E-state index contributed by atoms with van der Waals surface area (Å²) < 4.78 is 5.97. The van der Waals surface area contributed by atoms with Crippen LogP contribution in [-0.2, 0) is 9.53 Å². The molecule has 2 saturated heterocycles. The first kappa shape index (κ1) is 15.2. The van der Waals surface area contributed by atoms with Crippen LogP contribution in [0.5, 0.6) is 0 Å². The molecule has 3 aliphatic heterocycles. The Morgan fingerprint density at radius 1 is 1.16 bits per heavy atom. The summed E-state index contributed by atoms with van der Waals surface area (Å²) in [6.45, 7) is 3.53. The second-order valence-electron chi connectivity index (χ2n) is 7.89. The maximum Gasteiger partial charge on any atom is 0.231 e. The van der Waals surface area contributed by atoms with E-state index in [0.717, 1.165) is 19.3 Å². The summed E-state index contributed by atoms with van der Waals surface area (Å²) in [6, 6.07) is 14.9. The minimum atomic E-state index is -0.328. The first-order valence-electron chi connectivity index (χ1n) is 9.27. The van der Waals surface area contributed by atoms with Crippen LogP contribution in [0, 0.1) is 5.41 Å². The Balaban J connectivity index is 1.40. The van der Waals surface area contributed by atoms with Crippen molar-refractivity contribution in [3.63, 3.8) is 0 Å². The predicted molar refractivity (Wildman–Crippen MR) is 99.1 cm³/mol. The Labute approximate surface area is 148 Å². The molecule has 0 spiro atoms. The highest BCUT2D eigenvalue weighted by molar-refractivity contribution is 5.96. The van der Waals surface area contributed by atoms with E-state index in [9.17, 15) is 4.79 Å². The average Bonchev–Trinajstić information content (AvgIpc) is 3.36. The molecule has 3 unspecified atom stereocenters. The fraction of sp³-hybridized carbons (Fsp3) is 0.409. The molecule has 0 aromatic heterocycles. The Kier molecular flexibility index (Phi) is 3.29. The third-order valence-electron chi connectivity index (χ3n) is 6.30. The molecular formula is C22H23NO2. The fourth-order valence-corrected chi connectivity index (χ4v) is 4.93. The molecule has 0 aliphatic carbocycles. The van der Waals surface area contributed by atoms with Crippen LogP contribution < -0.4 is 0 Å². The van der Waals surface area contributed by atoms with Gasteiger partial charge in [-0.25, -0.2) is 0 Å². The first-order chi connectivity index (χ1) is 12.1. The van der Waals surface area contributed by atoms with Gasteiger partial charge in [0, 0.05) is 13.1 Å². The van der Waals surface area contributed by atoms with Gasteiger partial charge in [-0.1, -0.05) is 48.5 Å². The number of carbonyl (C=O) groups is 1. The Bertz CT molecular complexity index is 881. The van der Waals surface area contributed by atoms with Gasteiger partial charge in [0.2, 0.25) is 5.91 Å². The van der Waals surface area contributed by atoms with Gasteiger partial charge in [-0.05, 0) is 48.1 Å². The monoisotopic (exact) mass is 333 g/mol. The van der Waals surface area contributed by atoms with Gasteiger partial charge < -0.3 is 9.64 Å². The van der Waals surface area contributed by atoms with Crippen molar-refractivity contribution in [3.8, 4) is 0 Å². The zero-order valence-electron chi connectivity index (χ0n) is 14.6. The summed E-state index contributed by atoms with van der Waals surface area (Å²) in [5.41, 5.74) is 2.19. The molecule has 2 fully saturated rings. The van der Waals surface area contributed by atoms with Gasteiger partial charge in [0.15, 0.2) is 0 Å². The molecule has 3 heterocycles. The number of hydrogen-bond acceptors (Lipinski definition) is 2. The van der Waals surface area contributed by atoms with Crippen LogP contribution in [0.25, 0.3) is 16.3 Å². The molecule has 2 aromatic carbocycles. The largest absolute Gasteiger partial charge is 0.374 e. The third kappa shape index (κ3) is 2.26. The lowest BCUT2D eigenvalue weighted by atomic mass is 9.74. The van der Waals surface area contributed by atoms with Crippen molar-refractivity contribution >= 4 is 22.3 Å². The number of nitrogens with zero attached hydrogens (tertiary/aromatic N) is 1. The molecule has 1 amide bonds. The number of hydrogen-bond donors (Lipinski definition) is 0. The summed E-state index contributed by atoms with van der Waals surface area (Å²) in [7, 11) is 0. The van der Waals surface area contributed by atoms with Crippen molar-refractivity contribution < 1.29 is 9.53 Å². The normalized spacial score (nSPS) is 30.9. The molecule has 5 rings (SSSR count). The maximum absolute atomic E-state index is 13.2. The van der Waals surface area contributed by atoms with Crippen molar-refractivity contribution in [2.45, 2.75) is 38.4 Å². The molecule has 3 nitrogen and oxygen atoms in total. The third-order valence-corrected chi connectivity index (χ3v) is 6.30. The van der Waals surface area contributed by atoms with Crippen LogP contribution in [0.1, 0.15) is 31.7 Å². The number of rotatable bonds is 2. The van der Waals surface area contributed by atoms with Crippen molar-refractivity contribution in [1.82, 2.24) is 4.90 Å². The zero-order chi connectivity index (χ0) is 17.0. The number of amides is 1. The van der Waals surface area contributed by atoms with E-state index in [-0.39, 0.29) is 17.4 Å². The van der Waals surface area contributed by atoms with E-state index in [1.807, 2.05) is 4.90 Å². The van der Waals surface area contributed by atoms with Gasteiger partial charge >= 0.3 is 0 Å². The molecular weight excluding hydrogens is 310 g/mol. The van der Waals surface area contributed by atoms with E-state index < -0.39 is 0 Å². The van der Waals surface area contributed by atoms with E-state index in [1.165, 1.54) is 21.9 Å². The van der Waals surface area contributed by atoms with Crippen LogP contribution >= 0.6 is 0 Å². The zero-order valence-corrected chi connectivity index (χ0v) is 14.6. The van der Waals surface area contributed by atoms with Crippen LogP contribution in [0.2, 0.25) is 0 Å². The standard InChI is InChI=1S/C22H23NO2/c1-22(13-17-9-10-20(22)25-17)21(24)23-12-11-16(14-23)19-8-4-6-15-5-2-3-7-18(15)19/h2-8,11,17,20H,9-10,12-14H2,1H3. The van der Waals surface area contributed by atoms with E-state index in [4.69, 9.17) is 4.74 Å². The minimum absolute atomic E-state index is 0.117. The van der Waals surface area contributed by atoms with Crippen LogP contribution in [0.15, 0.2) is 48.5 Å². The Hall–Kier alpha value is -2.13. The highest BCUT2D eigenvalue weighted by Gasteiger charge is 2.55. The van der Waals surface area contributed by atoms with Gasteiger partial charge in [-0.15, -0.1) is 0 Å². The summed E-state index contributed by atoms with van der Waals surface area (Å²) >= 11 is 0. The molecule has 0 N–H and O–H groups in total. The lowest BCUT2D eigenvalue weighted by molar-refractivity contribution is -0.142. The second kappa shape index (κ2) is 5.43. The minimum Gasteiger partial charge on any atom is -0.374 e. The molecule has 128 valence electrons. The first-order valence-corrected chi connectivity index (χ1v) is 9.27. The quantitative estimate of drug-likeness (QED) is 0.831. The van der Waals surface area contributed by atoms with Crippen LogP contribution in [-0.4, -0.2) is 36.1 Å². The number of ether oxygens (including phenoxy) is 1. The highest BCUT2D eigenvalue weighted by Crippen LogP contribution is 2.49. The van der Waals surface area contributed by atoms with Gasteiger partial charge in [-0.2, -0.15) is 0 Å². The van der Waals surface area contributed by atoms with Gasteiger partial charge in [0.05, 0.1) is 17.6 Å². The van der Waals surface area contributed by atoms with Crippen molar-refractivity contribution in [1.29, 1.82) is 0 Å². The lowest BCUT2D eigenvalue weighted by Crippen LogP contribution is -2.46. The SMILES string of the molecule is CC1(C(=O)N2CC=C(c3cccc4ccccc34)C2)CC2CCC1O2. The fourth-order valence-electron chi connectivity index (χ4n) is 4.93. The van der Waals surface area contributed by atoms with E-state index >= 15 is 0 Å². The second-order valence-corrected chi connectivity index (χ2v) is 7.89. The average molecular weight is 333 g/mol. The smallest absolute Gasteiger partial charge is 0.231 e. The van der Waals surface area contributed by atoms with Crippen LogP contribution in [0.3, 0.4) is 0 Å². The van der Waals surface area contributed by atoms with E-state index in [2.05, 4.69) is 55.5 Å². The number of carbonyl (C=O) groups excluding carboxylic acids is 1.